The minimum atomic E-state index is -1.26. The number of rotatable bonds is 6. The Kier molecular flexibility index (Phi) is 6.21. The highest BCUT2D eigenvalue weighted by molar-refractivity contribution is 5.34. The molecule has 2 unspecified atom stereocenters. The van der Waals surface area contributed by atoms with Crippen molar-refractivity contribution in [3.05, 3.63) is 29.3 Å². The second-order valence-corrected chi connectivity index (χ2v) is 8.27. The fraction of sp³-hybridized carbons (Fsp3) is 0.727. The Morgan fingerprint density at radius 3 is 2.42 bits per heavy atom. The first-order chi connectivity index (χ1) is 12.5. The Balaban J connectivity index is 1.66. The summed E-state index contributed by atoms with van der Waals surface area (Å²) in [4.78, 5) is 0. The van der Waals surface area contributed by atoms with Crippen molar-refractivity contribution in [3.63, 3.8) is 0 Å². The highest BCUT2D eigenvalue weighted by atomic mass is 19.2. The maximum Gasteiger partial charge on any atom is 0.200 e. The van der Waals surface area contributed by atoms with Gasteiger partial charge in [0.15, 0.2) is 11.6 Å². The van der Waals surface area contributed by atoms with Gasteiger partial charge in [0.25, 0.3) is 0 Å². The van der Waals surface area contributed by atoms with Gasteiger partial charge in [0.1, 0.15) is 0 Å². The zero-order valence-corrected chi connectivity index (χ0v) is 16.1. The predicted octanol–water partition coefficient (Wildman–Crippen LogP) is 5.96. The maximum absolute atomic E-state index is 14.5. The average molecular weight is 366 g/mol. The van der Waals surface area contributed by atoms with Gasteiger partial charge in [-0.2, -0.15) is 4.39 Å². The minimum absolute atomic E-state index is 0.0843. The van der Waals surface area contributed by atoms with Crippen LogP contribution in [0.1, 0.15) is 77.2 Å². The lowest BCUT2D eigenvalue weighted by Gasteiger charge is -2.39. The summed E-state index contributed by atoms with van der Waals surface area (Å²) < 4.78 is 33.8. The van der Waals surface area contributed by atoms with Crippen LogP contribution in [-0.2, 0) is 5.60 Å². The lowest BCUT2D eigenvalue weighted by Crippen LogP contribution is -2.34. The van der Waals surface area contributed by atoms with Crippen LogP contribution in [0.5, 0.6) is 5.75 Å². The molecule has 0 saturated heterocycles. The van der Waals surface area contributed by atoms with E-state index in [2.05, 4.69) is 6.92 Å². The van der Waals surface area contributed by atoms with E-state index in [0.29, 0.717) is 18.8 Å². The van der Waals surface area contributed by atoms with Crippen LogP contribution in [0.4, 0.5) is 8.78 Å². The van der Waals surface area contributed by atoms with E-state index in [9.17, 15) is 13.9 Å². The zero-order valence-electron chi connectivity index (χ0n) is 16.1. The fourth-order valence-corrected chi connectivity index (χ4v) is 5.23. The standard InChI is InChI=1S/C22H32F2O2/c1-3-5-15-6-7-17(14-15)16-10-12-22(25,13-11-16)18-8-9-19(26-4-2)21(24)20(18)23/h8-9,15-17,25H,3-7,10-14H2,1-2H3. The number of benzene rings is 1. The molecule has 2 aliphatic carbocycles. The van der Waals surface area contributed by atoms with Gasteiger partial charge >= 0.3 is 0 Å². The number of hydrogen-bond donors (Lipinski definition) is 1. The monoisotopic (exact) mass is 366 g/mol. The summed E-state index contributed by atoms with van der Waals surface area (Å²) in [5.41, 5.74) is -1.17. The second-order valence-electron chi connectivity index (χ2n) is 8.27. The molecule has 0 aliphatic heterocycles. The molecular formula is C22H32F2O2. The topological polar surface area (TPSA) is 29.5 Å². The number of ether oxygens (including phenoxy) is 1. The highest BCUT2D eigenvalue weighted by Gasteiger charge is 2.41. The number of aliphatic hydroxyl groups is 1. The molecule has 2 nitrogen and oxygen atoms in total. The van der Waals surface area contributed by atoms with Crippen LogP contribution in [0.3, 0.4) is 0 Å². The Hall–Kier alpha value is -1.16. The summed E-state index contributed by atoms with van der Waals surface area (Å²) in [5.74, 6) is 0.201. The van der Waals surface area contributed by atoms with E-state index >= 15 is 0 Å². The predicted molar refractivity (Wildman–Crippen MR) is 99.1 cm³/mol. The summed E-state index contributed by atoms with van der Waals surface area (Å²) in [7, 11) is 0. The van der Waals surface area contributed by atoms with Crippen molar-refractivity contribution in [2.75, 3.05) is 6.61 Å². The van der Waals surface area contributed by atoms with E-state index in [1.54, 1.807) is 6.92 Å². The Morgan fingerprint density at radius 1 is 1.04 bits per heavy atom. The van der Waals surface area contributed by atoms with Crippen LogP contribution < -0.4 is 4.74 Å². The molecular weight excluding hydrogens is 334 g/mol. The SMILES string of the molecule is CCCC1CCC(C2CCC(O)(c3ccc(OCC)c(F)c3F)CC2)C1. The van der Waals surface area contributed by atoms with Crippen molar-refractivity contribution in [1.29, 1.82) is 0 Å². The molecule has 26 heavy (non-hydrogen) atoms. The van der Waals surface area contributed by atoms with Gasteiger partial charge < -0.3 is 9.84 Å². The molecule has 0 spiro atoms. The third kappa shape index (κ3) is 3.90. The molecule has 2 atom stereocenters. The molecule has 0 radical (unpaired) electrons. The Labute approximate surface area is 155 Å². The number of halogens is 2. The van der Waals surface area contributed by atoms with Crippen LogP contribution in [0, 0.1) is 29.4 Å². The van der Waals surface area contributed by atoms with E-state index in [4.69, 9.17) is 4.74 Å². The van der Waals surface area contributed by atoms with Crippen LogP contribution in [-0.4, -0.2) is 11.7 Å². The lowest BCUT2D eigenvalue weighted by molar-refractivity contribution is -0.0252. The van der Waals surface area contributed by atoms with Crippen LogP contribution >= 0.6 is 0 Å². The molecule has 2 aliphatic rings. The van der Waals surface area contributed by atoms with Crippen molar-refractivity contribution in [1.82, 2.24) is 0 Å². The molecule has 0 aromatic heterocycles. The van der Waals surface area contributed by atoms with Crippen molar-refractivity contribution in [3.8, 4) is 5.75 Å². The smallest absolute Gasteiger partial charge is 0.200 e. The van der Waals surface area contributed by atoms with Crippen LogP contribution in [0.15, 0.2) is 12.1 Å². The van der Waals surface area contributed by atoms with Crippen molar-refractivity contribution in [2.45, 2.75) is 77.2 Å². The van der Waals surface area contributed by atoms with Crippen LogP contribution in [0.25, 0.3) is 0 Å². The Bertz CT molecular complexity index is 608. The minimum Gasteiger partial charge on any atom is -0.491 e. The van der Waals surface area contributed by atoms with Gasteiger partial charge in [-0.3, -0.25) is 0 Å². The largest absolute Gasteiger partial charge is 0.491 e. The lowest BCUT2D eigenvalue weighted by atomic mass is 9.70. The first-order valence-electron chi connectivity index (χ1n) is 10.3. The van der Waals surface area contributed by atoms with Crippen molar-refractivity contribution in [2.24, 2.45) is 17.8 Å². The molecule has 4 heteroatoms. The molecule has 1 aromatic carbocycles. The first kappa shape index (κ1) is 19.6. The van der Waals surface area contributed by atoms with Gasteiger partial charge in [0.2, 0.25) is 5.82 Å². The highest BCUT2D eigenvalue weighted by Crippen LogP contribution is 2.48. The van der Waals surface area contributed by atoms with Gasteiger partial charge in [-0.25, -0.2) is 4.39 Å². The summed E-state index contributed by atoms with van der Waals surface area (Å²) in [6.07, 6.45) is 9.32. The van der Waals surface area contributed by atoms with Gasteiger partial charge in [-0.15, -0.1) is 0 Å². The molecule has 2 fully saturated rings. The third-order valence-electron chi connectivity index (χ3n) is 6.65. The zero-order chi connectivity index (χ0) is 18.7. The summed E-state index contributed by atoms with van der Waals surface area (Å²) in [5, 5.41) is 11.0. The molecule has 1 N–H and O–H groups in total. The molecule has 2 saturated carbocycles. The quantitative estimate of drug-likeness (QED) is 0.673. The van der Waals surface area contributed by atoms with Crippen molar-refractivity contribution < 1.29 is 18.6 Å². The normalized spacial score (nSPS) is 32.0. The summed E-state index contributed by atoms with van der Waals surface area (Å²) in [6.45, 7) is 4.26. The molecule has 0 amide bonds. The van der Waals surface area contributed by atoms with Crippen molar-refractivity contribution >= 4 is 0 Å². The first-order valence-corrected chi connectivity index (χ1v) is 10.3. The maximum atomic E-state index is 14.5. The average Bonchev–Trinajstić information content (AvgIpc) is 3.09. The Morgan fingerprint density at radius 2 is 1.77 bits per heavy atom. The molecule has 0 bridgehead atoms. The van der Waals surface area contributed by atoms with E-state index in [1.165, 1.54) is 44.2 Å². The molecule has 1 aromatic rings. The van der Waals surface area contributed by atoms with E-state index in [-0.39, 0.29) is 17.9 Å². The third-order valence-corrected chi connectivity index (χ3v) is 6.65. The second kappa shape index (κ2) is 8.24. The molecule has 0 heterocycles. The summed E-state index contributed by atoms with van der Waals surface area (Å²) in [6, 6.07) is 2.93. The van der Waals surface area contributed by atoms with E-state index in [0.717, 1.165) is 24.7 Å². The van der Waals surface area contributed by atoms with E-state index < -0.39 is 17.2 Å². The van der Waals surface area contributed by atoms with Gasteiger partial charge in [0.05, 0.1) is 12.2 Å². The van der Waals surface area contributed by atoms with Gasteiger partial charge in [-0.05, 0) is 75.3 Å². The van der Waals surface area contributed by atoms with Crippen LogP contribution in [0.2, 0.25) is 0 Å². The van der Waals surface area contributed by atoms with Gasteiger partial charge in [-0.1, -0.05) is 26.2 Å². The number of hydrogen-bond acceptors (Lipinski definition) is 2. The van der Waals surface area contributed by atoms with E-state index in [1.807, 2.05) is 0 Å². The fourth-order valence-electron chi connectivity index (χ4n) is 5.23. The molecule has 146 valence electrons. The molecule has 3 rings (SSSR count). The summed E-state index contributed by atoms with van der Waals surface area (Å²) >= 11 is 0. The van der Waals surface area contributed by atoms with Gasteiger partial charge in [0, 0.05) is 5.56 Å².